The topological polar surface area (TPSA) is 21.3 Å². The second-order valence-electron chi connectivity index (χ2n) is 34.0. The number of fused-ring (bicyclic) bond motifs is 16. The molecule has 0 saturated heterocycles. The molecule has 0 N–H and O–H groups in total. The van der Waals surface area contributed by atoms with Gasteiger partial charge in [0, 0.05) is 103 Å². The zero-order valence-corrected chi connectivity index (χ0v) is 66.8. The number of aromatic nitrogens is 3. The van der Waals surface area contributed by atoms with Gasteiger partial charge >= 0.3 is 0 Å². The lowest BCUT2D eigenvalue weighted by atomic mass is 9.33. The van der Waals surface area contributed by atoms with Gasteiger partial charge in [0.05, 0.1) is 44.5 Å². The summed E-state index contributed by atoms with van der Waals surface area (Å²) >= 11 is 1.87. The summed E-state index contributed by atoms with van der Waals surface area (Å²) in [7, 11) is 0. The average molecular weight is 1510 g/mol. The first-order valence-corrected chi connectivity index (χ1v) is 41.7. The van der Waals surface area contributed by atoms with Gasteiger partial charge < -0.3 is 23.5 Å². The Balaban J connectivity index is 0.923. The molecule has 0 unspecified atom stereocenters. The molecule has 0 fully saturated rings. The second-order valence-corrected chi connectivity index (χ2v) is 35.0. The van der Waals surface area contributed by atoms with E-state index in [-0.39, 0.29) is 17.5 Å². The van der Waals surface area contributed by atoms with Gasteiger partial charge in [-0.15, -0.1) is 11.3 Å². The molecule has 117 heavy (non-hydrogen) atoms. The second kappa shape index (κ2) is 26.3. The molecule has 23 rings (SSSR count). The van der Waals surface area contributed by atoms with Crippen molar-refractivity contribution >= 4 is 154 Å². The van der Waals surface area contributed by atoms with Crippen molar-refractivity contribution in [3.8, 4) is 72.7 Å². The highest BCUT2D eigenvalue weighted by atomic mass is 32.1. The first-order chi connectivity index (χ1) is 57.3. The van der Waals surface area contributed by atoms with E-state index in [1.807, 2.05) is 11.3 Å². The largest absolute Gasteiger partial charge is 0.311 e. The Kier molecular flexibility index (Phi) is 15.4. The van der Waals surface area contributed by atoms with E-state index >= 15 is 0 Å². The number of anilines is 6. The minimum Gasteiger partial charge on any atom is -0.311 e. The Bertz CT molecular complexity index is 7510. The minimum atomic E-state index is -0.294. The molecule has 0 saturated carbocycles. The Morgan fingerprint density at radius 1 is 0.231 bits per heavy atom. The standard InChI is InChI=1S/C110H80BN5S/c1-109(2,3)76-58-74(70-32-12-8-13-33-70)59-80(64-76)114-100-67-78(112-93-43-23-16-36-81(93)82-37-17-24-44-94(82)112)52-54-91(100)111-92-55-53-79(113-95-45-25-18-38-83(95)84-39-19-26-46-96(84)113)68-101(92)116(99-56-50-72(69-30-10-7-11-31-69)60-88(99)71-34-14-9-15-35-71)104-63-75(62-103(114)108(104)111)107-89(73-51-57-106-90(61-73)87-42-22-29-49-105(87)117-106)65-77(110(4,5)6)66-102(107)115-97-47-27-20-40-85(97)86-41-21-28-48-98(86)115/h7-68H,1-6H3. The lowest BCUT2D eigenvalue weighted by Gasteiger charge is -2.45. The third-order valence-corrected chi connectivity index (χ3v) is 26.2. The summed E-state index contributed by atoms with van der Waals surface area (Å²) in [4.78, 5) is 5.40. The van der Waals surface area contributed by atoms with Crippen LogP contribution in [0.25, 0.3) is 158 Å². The Morgan fingerprint density at radius 3 is 1.18 bits per heavy atom. The van der Waals surface area contributed by atoms with Gasteiger partial charge in [-0.25, -0.2) is 0 Å². The van der Waals surface area contributed by atoms with Crippen LogP contribution in [0.15, 0.2) is 376 Å². The molecular weight excluding hydrogens is 1430 g/mol. The van der Waals surface area contributed by atoms with Gasteiger partial charge in [0.15, 0.2) is 0 Å². The summed E-state index contributed by atoms with van der Waals surface area (Å²) in [6.07, 6.45) is 0. The summed E-state index contributed by atoms with van der Waals surface area (Å²) in [5.41, 5.74) is 33.8. The third kappa shape index (κ3) is 10.8. The van der Waals surface area contributed by atoms with E-state index in [0.717, 1.165) is 140 Å². The van der Waals surface area contributed by atoms with Crippen LogP contribution < -0.4 is 26.2 Å². The summed E-state index contributed by atoms with van der Waals surface area (Å²) in [6, 6.07) is 143. The van der Waals surface area contributed by atoms with Gasteiger partial charge in [-0.05, 0) is 210 Å². The van der Waals surface area contributed by atoms with Crippen LogP contribution in [0.2, 0.25) is 0 Å². The van der Waals surface area contributed by atoms with E-state index < -0.39 is 0 Å². The molecule has 0 bridgehead atoms. The highest BCUT2D eigenvalue weighted by molar-refractivity contribution is 7.25. The van der Waals surface area contributed by atoms with Crippen LogP contribution in [-0.4, -0.2) is 20.4 Å². The van der Waals surface area contributed by atoms with Crippen molar-refractivity contribution in [2.24, 2.45) is 0 Å². The molecule has 0 atom stereocenters. The summed E-state index contributed by atoms with van der Waals surface area (Å²) in [5, 5.41) is 9.82. The number of benzene rings is 17. The van der Waals surface area contributed by atoms with Crippen LogP contribution in [0.3, 0.4) is 0 Å². The lowest BCUT2D eigenvalue weighted by molar-refractivity contribution is 0.590. The smallest absolute Gasteiger partial charge is 0.252 e. The van der Waals surface area contributed by atoms with E-state index in [1.165, 1.54) is 80.0 Å². The lowest BCUT2D eigenvalue weighted by Crippen LogP contribution is -2.61. The van der Waals surface area contributed by atoms with Crippen molar-refractivity contribution < 1.29 is 0 Å². The first kappa shape index (κ1) is 68.6. The van der Waals surface area contributed by atoms with E-state index in [2.05, 4.69) is 441 Å². The molecule has 0 spiro atoms. The summed E-state index contributed by atoms with van der Waals surface area (Å²) in [5.74, 6) is 0. The fourth-order valence-electron chi connectivity index (χ4n) is 19.5. The molecule has 0 amide bonds. The van der Waals surface area contributed by atoms with Crippen molar-refractivity contribution in [3.05, 3.63) is 387 Å². The molecule has 2 aliphatic heterocycles. The fourth-order valence-corrected chi connectivity index (χ4v) is 20.6. The first-order valence-electron chi connectivity index (χ1n) is 40.9. The van der Waals surface area contributed by atoms with Gasteiger partial charge in [0.25, 0.3) is 6.71 Å². The van der Waals surface area contributed by atoms with Gasteiger partial charge in [-0.3, -0.25) is 0 Å². The van der Waals surface area contributed by atoms with Gasteiger partial charge in [0.2, 0.25) is 0 Å². The maximum absolute atomic E-state index is 2.70. The number of nitrogens with zero attached hydrogens (tertiary/aromatic N) is 5. The predicted molar refractivity (Wildman–Crippen MR) is 501 cm³/mol. The molecule has 21 aromatic rings. The minimum absolute atomic E-state index is 0.258. The molecule has 0 radical (unpaired) electrons. The Hall–Kier alpha value is -14.0. The van der Waals surface area contributed by atoms with Crippen molar-refractivity contribution in [1.29, 1.82) is 0 Å². The van der Waals surface area contributed by atoms with Crippen LogP contribution in [0.4, 0.5) is 34.1 Å². The van der Waals surface area contributed by atoms with Crippen LogP contribution in [0.1, 0.15) is 52.7 Å². The predicted octanol–water partition coefficient (Wildman–Crippen LogP) is 28.4. The number of hydrogen-bond donors (Lipinski definition) is 0. The molecule has 5 nitrogen and oxygen atoms in total. The summed E-state index contributed by atoms with van der Waals surface area (Å²) in [6.45, 7) is 14.0. The van der Waals surface area contributed by atoms with Gasteiger partial charge in [0.1, 0.15) is 0 Å². The molecule has 554 valence electrons. The number of thiophene rings is 1. The number of rotatable bonds is 10. The molecule has 2 aliphatic rings. The van der Waals surface area contributed by atoms with Gasteiger partial charge in [-0.1, -0.05) is 290 Å². The monoisotopic (exact) mass is 1510 g/mol. The van der Waals surface area contributed by atoms with E-state index in [9.17, 15) is 0 Å². The molecule has 0 aliphatic carbocycles. The zero-order chi connectivity index (χ0) is 78.1. The van der Waals surface area contributed by atoms with Gasteiger partial charge in [-0.2, -0.15) is 0 Å². The summed E-state index contributed by atoms with van der Waals surface area (Å²) < 4.78 is 10.2. The van der Waals surface area contributed by atoms with E-state index in [1.54, 1.807) is 0 Å². The molecule has 6 heterocycles. The van der Waals surface area contributed by atoms with Crippen LogP contribution >= 0.6 is 11.3 Å². The molecule has 7 heteroatoms. The van der Waals surface area contributed by atoms with Crippen LogP contribution in [0.5, 0.6) is 0 Å². The average Bonchev–Trinajstić information content (AvgIpc) is 1.47. The highest BCUT2D eigenvalue weighted by Crippen LogP contribution is 2.54. The van der Waals surface area contributed by atoms with Crippen LogP contribution in [0, 0.1) is 0 Å². The zero-order valence-electron chi connectivity index (χ0n) is 66.0. The fraction of sp³-hybridized carbons (Fsp3) is 0.0727. The maximum atomic E-state index is 2.70. The number of para-hydroxylation sites is 6. The molecule has 4 aromatic heterocycles. The van der Waals surface area contributed by atoms with Crippen molar-refractivity contribution in [1.82, 2.24) is 13.7 Å². The highest BCUT2D eigenvalue weighted by Gasteiger charge is 2.46. The van der Waals surface area contributed by atoms with Crippen molar-refractivity contribution in [2.75, 3.05) is 9.80 Å². The van der Waals surface area contributed by atoms with Crippen molar-refractivity contribution in [3.63, 3.8) is 0 Å². The Labute approximate surface area is 685 Å². The van der Waals surface area contributed by atoms with Crippen molar-refractivity contribution in [2.45, 2.75) is 52.4 Å². The molecule has 17 aromatic carbocycles. The Morgan fingerprint density at radius 2 is 0.658 bits per heavy atom. The normalized spacial score (nSPS) is 12.8. The van der Waals surface area contributed by atoms with Crippen LogP contribution in [-0.2, 0) is 10.8 Å². The maximum Gasteiger partial charge on any atom is 0.252 e. The SMILES string of the molecule is CC(C)(C)c1cc(-c2ccccc2)cc(N2c3cc(-n4c5ccccc5c5ccccc54)ccc3B3c4ccc(-n5c6ccccc6c6ccccc65)cc4N(c4ccc(-c5ccccc5)cc4-c4ccccc4)c4cc(-c5c(-c6ccc7sc8ccccc8c7c6)cc(C(C)(C)C)cc5-n5c6ccccc6c6ccccc65)cc2c43)c1. The third-order valence-electron chi connectivity index (χ3n) is 25.1. The quantitative estimate of drug-likeness (QED) is 0.127. The number of hydrogen-bond acceptors (Lipinski definition) is 3. The molecular formula is C110H80BN5S. The van der Waals surface area contributed by atoms with E-state index in [4.69, 9.17) is 0 Å². The van der Waals surface area contributed by atoms with E-state index in [0.29, 0.717) is 0 Å².